The number of hydrogen-bond donors (Lipinski definition) is 6. The number of aliphatic carboxylic acids is 1. The molecule has 5 atom stereocenters. The van der Waals surface area contributed by atoms with E-state index < -0.39 is 59.9 Å². The summed E-state index contributed by atoms with van der Waals surface area (Å²) in [4.78, 5) is 62.1. The van der Waals surface area contributed by atoms with Crippen molar-refractivity contribution in [3.63, 3.8) is 0 Å². The summed E-state index contributed by atoms with van der Waals surface area (Å²) < 4.78 is 0. The molecule has 5 unspecified atom stereocenters. The summed E-state index contributed by atoms with van der Waals surface area (Å²) in [7, 11) is 0. The molecular formula is C20H35N5O7. The average molecular weight is 458 g/mol. The first-order valence-corrected chi connectivity index (χ1v) is 10.7. The van der Waals surface area contributed by atoms with Gasteiger partial charge in [-0.15, -0.1) is 0 Å². The van der Waals surface area contributed by atoms with Gasteiger partial charge in [0, 0.05) is 13.0 Å². The van der Waals surface area contributed by atoms with Gasteiger partial charge in [-0.05, 0) is 38.5 Å². The number of carbonyl (C=O) groups excluding carboxylic acids is 4. The fourth-order valence-electron chi connectivity index (χ4n) is 3.49. The fraction of sp³-hybridized carbons (Fsp3) is 0.750. The Hall–Kier alpha value is -2.73. The van der Waals surface area contributed by atoms with Crippen molar-refractivity contribution < 1.29 is 34.2 Å². The van der Waals surface area contributed by atoms with Crippen LogP contribution in [-0.2, 0) is 24.0 Å². The molecule has 0 aromatic rings. The van der Waals surface area contributed by atoms with Crippen LogP contribution < -0.4 is 22.1 Å². The lowest BCUT2D eigenvalue weighted by Crippen LogP contribution is -2.57. The molecule has 0 aliphatic carbocycles. The lowest BCUT2D eigenvalue weighted by molar-refractivity contribution is -0.144. The summed E-state index contributed by atoms with van der Waals surface area (Å²) in [6.45, 7) is 5.25. The third-order valence-electron chi connectivity index (χ3n) is 5.28. The highest BCUT2D eigenvalue weighted by Crippen LogP contribution is 2.19. The Morgan fingerprint density at radius 3 is 2.22 bits per heavy atom. The maximum Gasteiger partial charge on any atom is 0.326 e. The number of nitrogens with zero attached hydrogens (tertiary/aromatic N) is 1. The minimum Gasteiger partial charge on any atom is -0.480 e. The number of amides is 4. The molecule has 0 saturated carbocycles. The van der Waals surface area contributed by atoms with Gasteiger partial charge in [0.15, 0.2) is 0 Å². The first kappa shape index (κ1) is 27.3. The van der Waals surface area contributed by atoms with E-state index in [2.05, 4.69) is 10.6 Å². The molecule has 0 radical (unpaired) electrons. The third-order valence-corrected chi connectivity index (χ3v) is 5.28. The molecule has 1 aliphatic heterocycles. The van der Waals surface area contributed by atoms with E-state index in [1.54, 1.807) is 13.8 Å². The second-order valence-corrected chi connectivity index (χ2v) is 8.55. The maximum absolute atomic E-state index is 12.9. The zero-order chi connectivity index (χ0) is 24.6. The van der Waals surface area contributed by atoms with Gasteiger partial charge in [-0.1, -0.05) is 13.8 Å². The van der Waals surface area contributed by atoms with E-state index >= 15 is 0 Å². The van der Waals surface area contributed by atoms with Crippen LogP contribution in [0.3, 0.4) is 0 Å². The predicted octanol–water partition coefficient (Wildman–Crippen LogP) is -1.95. The van der Waals surface area contributed by atoms with E-state index in [1.165, 1.54) is 11.8 Å². The SMILES string of the molecule is CC(C)CC(NC(=O)C(CCC(N)=O)NC(=O)C1CCCN1C(=O)C(N)C(C)O)C(=O)O. The van der Waals surface area contributed by atoms with Gasteiger partial charge in [0.05, 0.1) is 6.10 Å². The van der Waals surface area contributed by atoms with Crippen LogP contribution in [0.4, 0.5) is 0 Å². The van der Waals surface area contributed by atoms with Crippen LogP contribution in [0, 0.1) is 5.92 Å². The Morgan fingerprint density at radius 1 is 1.09 bits per heavy atom. The van der Waals surface area contributed by atoms with E-state index in [9.17, 15) is 34.2 Å². The number of rotatable bonds is 12. The topological polar surface area (TPSA) is 205 Å². The molecule has 12 nitrogen and oxygen atoms in total. The van der Waals surface area contributed by atoms with Crippen molar-refractivity contribution in [1.82, 2.24) is 15.5 Å². The number of aliphatic hydroxyl groups is 1. The molecular weight excluding hydrogens is 422 g/mol. The van der Waals surface area contributed by atoms with Crippen molar-refractivity contribution in [3.8, 4) is 0 Å². The van der Waals surface area contributed by atoms with E-state index in [0.29, 0.717) is 12.8 Å². The Balaban J connectivity index is 2.95. The summed E-state index contributed by atoms with van der Waals surface area (Å²) in [5.74, 6) is -3.88. The summed E-state index contributed by atoms with van der Waals surface area (Å²) in [5, 5.41) is 23.9. The Bertz CT molecular complexity index is 712. The van der Waals surface area contributed by atoms with Gasteiger partial charge in [-0.2, -0.15) is 0 Å². The first-order chi connectivity index (χ1) is 14.8. The minimum absolute atomic E-state index is 0.00811. The minimum atomic E-state index is -1.22. The molecule has 0 spiro atoms. The fourth-order valence-corrected chi connectivity index (χ4v) is 3.49. The highest BCUT2D eigenvalue weighted by Gasteiger charge is 2.38. The van der Waals surface area contributed by atoms with Gasteiger partial charge in [-0.3, -0.25) is 19.2 Å². The smallest absolute Gasteiger partial charge is 0.326 e. The van der Waals surface area contributed by atoms with E-state index in [-0.39, 0.29) is 31.7 Å². The normalized spacial score (nSPS) is 19.7. The van der Waals surface area contributed by atoms with Gasteiger partial charge in [-0.25, -0.2) is 4.79 Å². The summed E-state index contributed by atoms with van der Waals surface area (Å²) in [5.41, 5.74) is 10.9. The standard InChI is InChI=1S/C20H35N5O7/c1-10(2)9-13(20(31)32)24-17(28)12(6-7-15(21)27)23-18(29)14-5-4-8-25(14)19(30)16(22)11(3)26/h10-14,16,26H,4-9,22H2,1-3H3,(H2,21,27)(H,23,29)(H,24,28)(H,31,32). The van der Waals surface area contributed by atoms with Gasteiger partial charge in [0.2, 0.25) is 23.6 Å². The first-order valence-electron chi connectivity index (χ1n) is 10.7. The van der Waals surface area contributed by atoms with Gasteiger partial charge in [0.1, 0.15) is 24.2 Å². The summed E-state index contributed by atoms with van der Waals surface area (Å²) >= 11 is 0. The molecule has 12 heteroatoms. The van der Waals surface area contributed by atoms with Crippen LogP contribution in [-0.4, -0.2) is 81.5 Å². The quantitative estimate of drug-likeness (QED) is 0.194. The van der Waals surface area contributed by atoms with Crippen LogP contribution in [0.5, 0.6) is 0 Å². The molecule has 32 heavy (non-hydrogen) atoms. The van der Waals surface area contributed by atoms with E-state index in [4.69, 9.17) is 11.5 Å². The van der Waals surface area contributed by atoms with Crippen LogP contribution in [0.15, 0.2) is 0 Å². The van der Waals surface area contributed by atoms with Crippen molar-refractivity contribution in [2.75, 3.05) is 6.54 Å². The monoisotopic (exact) mass is 457 g/mol. The molecule has 1 saturated heterocycles. The van der Waals surface area contributed by atoms with Crippen LogP contribution in [0.1, 0.15) is 52.9 Å². The number of primary amides is 1. The number of carboxylic acid groups (broad SMARTS) is 1. The summed E-state index contributed by atoms with van der Waals surface area (Å²) in [6.07, 6.45) is -0.395. The second-order valence-electron chi connectivity index (χ2n) is 8.55. The van der Waals surface area contributed by atoms with Crippen molar-refractivity contribution in [3.05, 3.63) is 0 Å². The second kappa shape index (κ2) is 12.3. The molecule has 1 rings (SSSR count). The molecule has 8 N–H and O–H groups in total. The molecule has 1 heterocycles. The number of carbonyl (C=O) groups is 5. The number of nitrogens with two attached hydrogens (primary N) is 2. The van der Waals surface area contributed by atoms with Crippen LogP contribution in [0.25, 0.3) is 0 Å². The van der Waals surface area contributed by atoms with Crippen LogP contribution >= 0.6 is 0 Å². The van der Waals surface area contributed by atoms with Crippen molar-refractivity contribution in [1.29, 1.82) is 0 Å². The van der Waals surface area contributed by atoms with Crippen molar-refractivity contribution >= 4 is 29.6 Å². The zero-order valence-corrected chi connectivity index (χ0v) is 18.7. The van der Waals surface area contributed by atoms with E-state index in [1.807, 2.05) is 0 Å². The highest BCUT2D eigenvalue weighted by atomic mass is 16.4. The molecule has 0 aromatic heterocycles. The summed E-state index contributed by atoms with van der Waals surface area (Å²) in [6, 6.07) is -4.47. The number of aliphatic hydroxyl groups excluding tert-OH is 1. The molecule has 0 bridgehead atoms. The largest absolute Gasteiger partial charge is 0.480 e. The average Bonchev–Trinajstić information content (AvgIpc) is 3.18. The van der Waals surface area contributed by atoms with Gasteiger partial charge >= 0.3 is 5.97 Å². The highest BCUT2D eigenvalue weighted by molar-refractivity contribution is 5.94. The number of carboxylic acids is 1. The van der Waals surface area contributed by atoms with Crippen LogP contribution in [0.2, 0.25) is 0 Å². The molecule has 0 aromatic carbocycles. The molecule has 182 valence electrons. The van der Waals surface area contributed by atoms with Crippen molar-refractivity contribution in [2.24, 2.45) is 17.4 Å². The zero-order valence-electron chi connectivity index (χ0n) is 18.7. The Kier molecular flexibility index (Phi) is 10.5. The third kappa shape index (κ3) is 8.08. The Labute approximate surface area is 187 Å². The molecule has 4 amide bonds. The lowest BCUT2D eigenvalue weighted by Gasteiger charge is -2.29. The lowest BCUT2D eigenvalue weighted by atomic mass is 10.0. The molecule has 1 aliphatic rings. The predicted molar refractivity (Wildman–Crippen MR) is 114 cm³/mol. The number of nitrogens with one attached hydrogen (secondary N) is 2. The van der Waals surface area contributed by atoms with E-state index in [0.717, 1.165) is 0 Å². The Morgan fingerprint density at radius 2 is 1.72 bits per heavy atom. The number of hydrogen-bond acceptors (Lipinski definition) is 7. The van der Waals surface area contributed by atoms with Gasteiger partial charge < -0.3 is 37.2 Å². The van der Waals surface area contributed by atoms with Crippen molar-refractivity contribution in [2.45, 2.75) is 83.1 Å². The van der Waals surface area contributed by atoms with Gasteiger partial charge in [0.25, 0.3) is 0 Å². The molecule has 1 fully saturated rings. The maximum atomic E-state index is 12.9. The number of likely N-dealkylation sites (tertiary alicyclic amines) is 1.